The Morgan fingerprint density at radius 3 is 2.69 bits per heavy atom. The molecule has 0 saturated carbocycles. The molecule has 1 aliphatic rings. The lowest BCUT2D eigenvalue weighted by Crippen LogP contribution is -2.42. The molecule has 1 aliphatic heterocycles. The molecule has 0 bridgehead atoms. The molecule has 178 valence electrons. The molecule has 0 spiro atoms. The van der Waals surface area contributed by atoms with Crippen LogP contribution in [0.1, 0.15) is 36.4 Å². The Bertz CT molecular complexity index is 990. The first-order chi connectivity index (χ1) is 15.4. The maximum absolute atomic E-state index is 12.9. The van der Waals surface area contributed by atoms with Crippen molar-refractivity contribution in [2.24, 2.45) is 0 Å². The lowest BCUT2D eigenvalue weighted by atomic mass is 10.2. The van der Waals surface area contributed by atoms with Crippen LogP contribution < -0.4 is 11.2 Å². The number of ether oxygens (including phenoxy) is 2. The average Bonchev–Trinajstić information content (AvgIpc) is 3.38. The van der Waals surface area contributed by atoms with Crippen molar-refractivity contribution >= 4 is 11.8 Å². The van der Waals surface area contributed by atoms with Crippen molar-refractivity contribution in [2.45, 2.75) is 63.1 Å². The zero-order chi connectivity index (χ0) is 23.1. The van der Waals surface area contributed by atoms with Crippen molar-refractivity contribution in [3.05, 3.63) is 44.5 Å². The summed E-state index contributed by atoms with van der Waals surface area (Å²) in [4.78, 5) is 25.3. The van der Waals surface area contributed by atoms with Crippen LogP contribution in [0.2, 0.25) is 0 Å². The molecule has 0 radical (unpaired) electrons. The average molecular weight is 470 g/mol. The van der Waals surface area contributed by atoms with E-state index in [1.54, 1.807) is 11.6 Å². The first-order valence-corrected chi connectivity index (χ1v) is 11.7. The van der Waals surface area contributed by atoms with Crippen LogP contribution in [0.25, 0.3) is 0 Å². The van der Waals surface area contributed by atoms with E-state index in [0.717, 1.165) is 23.2 Å². The van der Waals surface area contributed by atoms with Crippen molar-refractivity contribution in [3.63, 3.8) is 0 Å². The van der Waals surface area contributed by atoms with Gasteiger partial charge in [0, 0.05) is 24.7 Å². The Balaban J connectivity index is 1.48. The van der Waals surface area contributed by atoms with Crippen LogP contribution in [-0.2, 0) is 29.2 Å². The van der Waals surface area contributed by atoms with Gasteiger partial charge in [0.15, 0.2) is 0 Å². The first kappa shape index (κ1) is 24.6. The summed E-state index contributed by atoms with van der Waals surface area (Å²) in [7, 11) is 0. The van der Waals surface area contributed by atoms with Gasteiger partial charge in [-0.05, 0) is 13.3 Å². The van der Waals surface area contributed by atoms with E-state index < -0.39 is 11.8 Å². The highest BCUT2D eigenvalue weighted by Gasteiger charge is 2.35. The third-order valence-corrected chi connectivity index (χ3v) is 6.73. The largest absolute Gasteiger partial charge is 0.395 e. The summed E-state index contributed by atoms with van der Waals surface area (Å²) in [5.74, 6) is 0. The summed E-state index contributed by atoms with van der Waals surface area (Å²) < 4.78 is 15.5. The molecule has 0 aromatic carbocycles. The van der Waals surface area contributed by atoms with Gasteiger partial charge in [-0.15, -0.1) is 16.9 Å². The Hall–Kier alpha value is -1.99. The second kappa shape index (κ2) is 11.8. The van der Waals surface area contributed by atoms with E-state index in [9.17, 15) is 19.8 Å². The fourth-order valence-corrected chi connectivity index (χ4v) is 4.88. The number of aliphatic hydroxyl groups is 2. The van der Waals surface area contributed by atoms with Crippen LogP contribution in [0.3, 0.4) is 0 Å². The minimum atomic E-state index is -0.692. The molecule has 1 fully saturated rings. The van der Waals surface area contributed by atoms with Crippen LogP contribution in [-0.4, -0.2) is 72.1 Å². The molecular weight excluding hydrogens is 438 g/mol. The molecule has 2 aromatic heterocycles. The summed E-state index contributed by atoms with van der Waals surface area (Å²) in [5, 5.41) is 26.8. The number of aliphatic hydroxyl groups excluding tert-OH is 2. The van der Waals surface area contributed by atoms with Crippen molar-refractivity contribution in [2.75, 3.05) is 26.4 Å². The summed E-state index contributed by atoms with van der Waals surface area (Å²) in [6, 6.07) is 0. The number of aromatic nitrogens is 5. The van der Waals surface area contributed by atoms with Gasteiger partial charge in [0.25, 0.3) is 5.56 Å². The quantitative estimate of drug-likeness (QED) is 0.409. The van der Waals surface area contributed by atoms with E-state index in [1.807, 2.05) is 6.20 Å². The molecule has 11 nitrogen and oxygen atoms in total. The van der Waals surface area contributed by atoms with Gasteiger partial charge in [-0.3, -0.25) is 18.6 Å². The Kier molecular flexibility index (Phi) is 9.05. The summed E-state index contributed by atoms with van der Waals surface area (Å²) in [5.41, 5.74) is 0.387. The molecule has 32 heavy (non-hydrogen) atoms. The Morgan fingerprint density at radius 1 is 1.19 bits per heavy atom. The summed E-state index contributed by atoms with van der Waals surface area (Å²) in [6.45, 7) is 5.70. The van der Waals surface area contributed by atoms with E-state index >= 15 is 0 Å². The minimum Gasteiger partial charge on any atom is -0.395 e. The van der Waals surface area contributed by atoms with E-state index in [2.05, 4.69) is 17.2 Å². The lowest BCUT2D eigenvalue weighted by Gasteiger charge is -2.16. The van der Waals surface area contributed by atoms with E-state index in [1.165, 1.54) is 22.5 Å². The third-order valence-electron chi connectivity index (χ3n) is 5.18. The van der Waals surface area contributed by atoms with Crippen molar-refractivity contribution in [1.29, 1.82) is 0 Å². The predicted octanol–water partition coefficient (Wildman–Crippen LogP) is -0.0894. The van der Waals surface area contributed by atoms with Gasteiger partial charge >= 0.3 is 5.69 Å². The van der Waals surface area contributed by atoms with Crippen molar-refractivity contribution < 1.29 is 19.7 Å². The van der Waals surface area contributed by atoms with Gasteiger partial charge in [0.05, 0.1) is 62.5 Å². The minimum absolute atomic E-state index is 0.119. The van der Waals surface area contributed by atoms with E-state index in [4.69, 9.17) is 9.47 Å². The van der Waals surface area contributed by atoms with E-state index in [-0.39, 0.29) is 35.9 Å². The Labute approximate surface area is 190 Å². The summed E-state index contributed by atoms with van der Waals surface area (Å²) >= 11 is 1.34. The topological polar surface area (TPSA) is 134 Å². The molecule has 3 rings (SSSR count). The number of rotatable bonds is 12. The van der Waals surface area contributed by atoms with E-state index in [0.29, 0.717) is 31.8 Å². The molecule has 2 aromatic rings. The highest BCUT2D eigenvalue weighted by atomic mass is 32.2. The van der Waals surface area contributed by atoms with Gasteiger partial charge < -0.3 is 19.7 Å². The third kappa shape index (κ3) is 6.07. The van der Waals surface area contributed by atoms with Gasteiger partial charge in [-0.25, -0.2) is 4.79 Å². The van der Waals surface area contributed by atoms with Crippen LogP contribution in [0.15, 0.2) is 22.0 Å². The Morgan fingerprint density at radius 2 is 1.97 bits per heavy atom. The van der Waals surface area contributed by atoms with Crippen LogP contribution in [0, 0.1) is 6.92 Å². The maximum atomic E-state index is 12.9. The molecular formula is C20H31N5O6S. The normalized spacial score (nSPS) is 20.8. The zero-order valence-corrected chi connectivity index (χ0v) is 19.2. The fraction of sp³-hybridized carbons (Fsp3) is 0.700. The number of nitrogens with zero attached hydrogens (tertiary/aromatic N) is 5. The molecule has 3 atom stereocenters. The molecule has 0 aliphatic carbocycles. The number of hydrogen-bond donors (Lipinski definition) is 2. The van der Waals surface area contributed by atoms with Gasteiger partial charge in [-0.1, -0.05) is 12.1 Å². The van der Waals surface area contributed by atoms with Crippen LogP contribution in [0.5, 0.6) is 0 Å². The van der Waals surface area contributed by atoms with Crippen LogP contribution in [0.4, 0.5) is 0 Å². The monoisotopic (exact) mass is 469 g/mol. The zero-order valence-electron chi connectivity index (χ0n) is 18.4. The highest BCUT2D eigenvalue weighted by Crippen LogP contribution is 2.40. The van der Waals surface area contributed by atoms with Crippen molar-refractivity contribution in [3.8, 4) is 0 Å². The fourth-order valence-electron chi connectivity index (χ4n) is 3.51. The highest BCUT2D eigenvalue weighted by molar-refractivity contribution is 8.00. The second-order valence-electron chi connectivity index (χ2n) is 7.71. The number of thioether (sulfide) groups is 1. The smallest absolute Gasteiger partial charge is 0.332 e. The maximum Gasteiger partial charge on any atom is 0.332 e. The van der Waals surface area contributed by atoms with Crippen LogP contribution >= 0.6 is 11.8 Å². The summed E-state index contributed by atoms with van der Waals surface area (Å²) in [6.07, 6.45) is 4.01. The molecule has 2 N–H and O–H groups in total. The number of hydrogen-bond acceptors (Lipinski definition) is 9. The molecule has 1 saturated heterocycles. The standard InChI is InChI=1S/C20H31N5O6S/c1-3-4-23-11-15(21-22-23)13-31-8-7-30-6-5-24-19(28)14(2)10-25(20(24)29)18-9-16(27)17(12-26)32-18/h10-11,16-18,26-27H,3-9,12-13H2,1-2H3. The predicted molar refractivity (Wildman–Crippen MR) is 119 cm³/mol. The SMILES string of the molecule is CCCn1cc(COCCOCCn2c(=O)c(C)cn(C3CC(O)C(CO)S3)c2=O)nn1. The second-order valence-corrected chi connectivity index (χ2v) is 9.13. The lowest BCUT2D eigenvalue weighted by molar-refractivity contribution is 0.0362. The molecule has 12 heteroatoms. The van der Waals surface area contributed by atoms with Gasteiger partial charge in [0.2, 0.25) is 0 Å². The van der Waals surface area contributed by atoms with Gasteiger partial charge in [-0.2, -0.15) is 0 Å². The van der Waals surface area contributed by atoms with Crippen molar-refractivity contribution in [1.82, 2.24) is 24.1 Å². The molecule has 0 amide bonds. The molecule has 3 unspecified atom stereocenters. The molecule has 3 heterocycles. The van der Waals surface area contributed by atoms with Gasteiger partial charge in [0.1, 0.15) is 5.69 Å². The first-order valence-electron chi connectivity index (χ1n) is 10.8. The number of aryl methyl sites for hydroxylation is 2.